The van der Waals surface area contributed by atoms with E-state index in [-0.39, 0.29) is 11.8 Å². The molecule has 2 atom stereocenters. The minimum atomic E-state index is -0.406. The van der Waals surface area contributed by atoms with Crippen LogP contribution in [0, 0.1) is 5.92 Å². The van der Waals surface area contributed by atoms with E-state index in [1.807, 2.05) is 17.8 Å². The number of thioether (sulfide) groups is 1. The van der Waals surface area contributed by atoms with Gasteiger partial charge in [-0.25, -0.2) is 4.98 Å². The van der Waals surface area contributed by atoms with Gasteiger partial charge in [0, 0.05) is 45.0 Å². The van der Waals surface area contributed by atoms with Crippen molar-refractivity contribution in [2.45, 2.75) is 17.0 Å². The Bertz CT molecular complexity index is 669. The summed E-state index contributed by atoms with van der Waals surface area (Å²) in [5, 5.41) is 16.5. The Morgan fingerprint density at radius 3 is 3.13 bits per heavy atom. The monoisotopic (exact) mass is 336 g/mol. The number of β-amino-alcohol motifs (C(OH)–C–C–N with tert-alkyl or cyclic N) is 1. The zero-order valence-electron chi connectivity index (χ0n) is 12.9. The van der Waals surface area contributed by atoms with Crippen molar-refractivity contribution in [3.05, 3.63) is 36.0 Å². The zero-order valence-corrected chi connectivity index (χ0v) is 13.7. The molecule has 7 nitrogen and oxygen atoms in total. The van der Waals surface area contributed by atoms with Crippen molar-refractivity contribution in [2.24, 2.45) is 13.0 Å². The van der Waals surface area contributed by atoms with Crippen molar-refractivity contribution in [1.29, 1.82) is 0 Å². The largest absolute Gasteiger partial charge is 0.455 e. The Kier molecular flexibility index (Phi) is 5.04. The summed E-state index contributed by atoms with van der Waals surface area (Å²) in [5.41, 5.74) is 0. The molecule has 1 aliphatic rings. The Balaban J connectivity index is 1.50. The van der Waals surface area contributed by atoms with Gasteiger partial charge in [0.05, 0.1) is 11.9 Å². The van der Waals surface area contributed by atoms with E-state index in [0.717, 1.165) is 10.9 Å². The molecule has 0 bridgehead atoms. The number of amides is 1. The van der Waals surface area contributed by atoms with E-state index in [4.69, 9.17) is 4.42 Å². The van der Waals surface area contributed by atoms with Gasteiger partial charge in [-0.05, 0) is 12.1 Å². The van der Waals surface area contributed by atoms with Crippen LogP contribution in [0.15, 0.2) is 34.1 Å². The van der Waals surface area contributed by atoms with Crippen LogP contribution in [0.3, 0.4) is 0 Å². The maximum Gasteiger partial charge on any atom is 0.287 e. The number of nitrogens with one attached hydrogen (secondary N) is 2. The van der Waals surface area contributed by atoms with Gasteiger partial charge >= 0.3 is 0 Å². The molecule has 1 amide bonds. The van der Waals surface area contributed by atoms with Crippen LogP contribution in [-0.4, -0.2) is 46.3 Å². The maximum atomic E-state index is 12.1. The second-order valence-electron chi connectivity index (χ2n) is 5.57. The molecular formula is C15H20N4O3S. The molecule has 1 aliphatic heterocycles. The first kappa shape index (κ1) is 16.1. The topological polar surface area (TPSA) is 92.3 Å². The fourth-order valence-electron chi connectivity index (χ4n) is 2.44. The second-order valence-corrected chi connectivity index (χ2v) is 6.51. The summed E-state index contributed by atoms with van der Waals surface area (Å²) in [6, 6.07) is 3.48. The lowest BCUT2D eigenvalue weighted by Gasteiger charge is -2.13. The van der Waals surface area contributed by atoms with Crippen molar-refractivity contribution in [1.82, 2.24) is 20.2 Å². The number of aryl methyl sites for hydroxylation is 1. The number of nitrogens with zero attached hydrogens (tertiary/aromatic N) is 2. The molecular weight excluding hydrogens is 316 g/mol. The molecule has 2 aromatic heterocycles. The molecule has 2 aromatic rings. The van der Waals surface area contributed by atoms with Crippen LogP contribution in [0.4, 0.5) is 0 Å². The van der Waals surface area contributed by atoms with Crippen molar-refractivity contribution >= 4 is 17.7 Å². The summed E-state index contributed by atoms with van der Waals surface area (Å²) in [6.45, 7) is 1.73. The molecule has 23 heavy (non-hydrogen) atoms. The first-order chi connectivity index (χ1) is 11.1. The molecule has 0 spiro atoms. The lowest BCUT2D eigenvalue weighted by molar-refractivity contribution is 0.0898. The molecule has 2 unspecified atom stereocenters. The molecule has 3 heterocycles. The lowest BCUT2D eigenvalue weighted by Crippen LogP contribution is -2.34. The van der Waals surface area contributed by atoms with Crippen molar-refractivity contribution in [3.8, 4) is 0 Å². The number of hydrogen-bond acceptors (Lipinski definition) is 6. The second kappa shape index (κ2) is 7.20. The summed E-state index contributed by atoms with van der Waals surface area (Å²) in [4.78, 5) is 16.3. The number of carbonyl (C=O) groups is 1. The van der Waals surface area contributed by atoms with Crippen LogP contribution in [0.1, 0.15) is 16.3 Å². The van der Waals surface area contributed by atoms with Crippen LogP contribution in [0.2, 0.25) is 0 Å². The van der Waals surface area contributed by atoms with Gasteiger partial charge in [0.15, 0.2) is 10.9 Å². The number of furan rings is 1. The minimum Gasteiger partial charge on any atom is -0.455 e. The number of aromatic nitrogens is 2. The summed E-state index contributed by atoms with van der Waals surface area (Å²) in [7, 11) is 1.93. The molecule has 0 saturated carbocycles. The van der Waals surface area contributed by atoms with Crippen molar-refractivity contribution in [2.75, 3.05) is 19.6 Å². The number of imidazole rings is 1. The Morgan fingerprint density at radius 1 is 1.57 bits per heavy atom. The molecule has 8 heteroatoms. The highest BCUT2D eigenvalue weighted by atomic mass is 32.2. The number of aliphatic hydroxyl groups excluding tert-OH is 1. The molecule has 1 saturated heterocycles. The highest BCUT2D eigenvalue weighted by Gasteiger charge is 2.25. The minimum absolute atomic E-state index is 0.0485. The van der Waals surface area contributed by atoms with Gasteiger partial charge in [-0.3, -0.25) is 4.79 Å². The summed E-state index contributed by atoms with van der Waals surface area (Å²) in [5.74, 6) is 1.43. The third kappa shape index (κ3) is 3.95. The van der Waals surface area contributed by atoms with E-state index < -0.39 is 6.10 Å². The third-order valence-corrected chi connectivity index (χ3v) is 4.92. The maximum absolute atomic E-state index is 12.1. The van der Waals surface area contributed by atoms with Crippen molar-refractivity contribution < 1.29 is 14.3 Å². The van der Waals surface area contributed by atoms with Crippen LogP contribution in [0.25, 0.3) is 0 Å². The predicted octanol–water partition coefficient (Wildman–Crippen LogP) is 0.616. The third-order valence-electron chi connectivity index (χ3n) is 3.83. The fraction of sp³-hybridized carbons (Fsp3) is 0.467. The number of carbonyl (C=O) groups excluding carboxylic acids is 1. The highest BCUT2D eigenvalue weighted by Crippen LogP contribution is 2.21. The Hall–Kier alpha value is -1.77. The Morgan fingerprint density at radius 2 is 2.43 bits per heavy atom. The van der Waals surface area contributed by atoms with E-state index in [2.05, 4.69) is 15.6 Å². The van der Waals surface area contributed by atoms with Crippen molar-refractivity contribution in [3.63, 3.8) is 0 Å². The van der Waals surface area contributed by atoms with E-state index in [1.54, 1.807) is 30.1 Å². The van der Waals surface area contributed by atoms with Gasteiger partial charge in [0.2, 0.25) is 0 Å². The average Bonchev–Trinajstić information content (AvgIpc) is 3.25. The summed E-state index contributed by atoms with van der Waals surface area (Å²) < 4.78 is 7.51. The quantitative estimate of drug-likeness (QED) is 0.670. The van der Waals surface area contributed by atoms with Gasteiger partial charge in [-0.15, -0.1) is 0 Å². The molecule has 1 fully saturated rings. The van der Waals surface area contributed by atoms with Crippen LogP contribution < -0.4 is 10.6 Å². The lowest BCUT2D eigenvalue weighted by atomic mass is 10.1. The van der Waals surface area contributed by atoms with Gasteiger partial charge < -0.3 is 24.7 Å². The molecule has 0 radical (unpaired) electrons. The van der Waals surface area contributed by atoms with E-state index in [0.29, 0.717) is 31.1 Å². The SMILES string of the molecule is Cn1ccnc1SCc1ccc(C(=O)NCC2CNCC2O)o1. The van der Waals surface area contributed by atoms with Crippen LogP contribution in [0.5, 0.6) is 0 Å². The van der Waals surface area contributed by atoms with Crippen LogP contribution >= 0.6 is 11.8 Å². The first-order valence-corrected chi connectivity index (χ1v) is 8.48. The van der Waals surface area contributed by atoms with Gasteiger partial charge in [0.25, 0.3) is 5.91 Å². The molecule has 3 N–H and O–H groups in total. The zero-order chi connectivity index (χ0) is 16.2. The smallest absolute Gasteiger partial charge is 0.287 e. The fourth-order valence-corrected chi connectivity index (χ4v) is 3.27. The van der Waals surface area contributed by atoms with E-state index in [9.17, 15) is 9.90 Å². The Labute approximate surface area is 138 Å². The van der Waals surface area contributed by atoms with Gasteiger partial charge in [0.1, 0.15) is 5.76 Å². The van der Waals surface area contributed by atoms with Gasteiger partial charge in [-0.1, -0.05) is 11.8 Å². The average molecular weight is 336 g/mol. The molecule has 0 aliphatic carbocycles. The highest BCUT2D eigenvalue weighted by molar-refractivity contribution is 7.98. The predicted molar refractivity (Wildman–Crippen MR) is 86.2 cm³/mol. The number of hydrogen-bond donors (Lipinski definition) is 3. The summed E-state index contributed by atoms with van der Waals surface area (Å²) in [6.07, 6.45) is 3.22. The molecule has 124 valence electrons. The van der Waals surface area contributed by atoms with Gasteiger partial charge in [-0.2, -0.15) is 0 Å². The summed E-state index contributed by atoms with van der Waals surface area (Å²) >= 11 is 1.55. The van der Waals surface area contributed by atoms with E-state index >= 15 is 0 Å². The number of aliphatic hydroxyl groups is 1. The normalized spacial score (nSPS) is 20.8. The molecule has 0 aromatic carbocycles. The first-order valence-electron chi connectivity index (χ1n) is 7.49. The molecule has 3 rings (SSSR count). The van der Waals surface area contributed by atoms with Crippen LogP contribution in [-0.2, 0) is 12.8 Å². The standard InChI is InChI=1S/C15H20N4O3S/c1-19-5-4-17-15(19)23-9-11-2-3-13(22-11)14(21)18-7-10-6-16-8-12(10)20/h2-5,10,12,16,20H,6-9H2,1H3,(H,18,21). The van der Waals surface area contributed by atoms with E-state index in [1.165, 1.54) is 0 Å². The number of rotatable bonds is 6.